The number of aryl methyl sites for hydroxylation is 1. The molecule has 2 aromatic carbocycles. The molecule has 0 atom stereocenters. The molecule has 0 spiro atoms. The van der Waals surface area contributed by atoms with Gasteiger partial charge in [0.1, 0.15) is 0 Å². The molecule has 2 aromatic rings. The average Bonchev–Trinajstić information content (AvgIpc) is 3.08. The molecule has 24 heavy (non-hydrogen) atoms. The second-order valence-electron chi connectivity index (χ2n) is 7.56. The van der Waals surface area contributed by atoms with Crippen LogP contribution in [0.4, 0.5) is 0 Å². The van der Waals surface area contributed by atoms with E-state index in [0.29, 0.717) is 0 Å². The molecule has 0 bridgehead atoms. The molecule has 124 valence electrons. The maximum absolute atomic E-state index is 2.53. The normalized spacial score (nSPS) is 17.6. The van der Waals surface area contributed by atoms with Crippen molar-refractivity contribution in [2.75, 3.05) is 0 Å². The summed E-state index contributed by atoms with van der Waals surface area (Å²) in [6.07, 6.45) is 13.2. The minimum Gasteiger partial charge on any atom is -0.0651 e. The zero-order valence-corrected chi connectivity index (χ0v) is 14.9. The Balaban J connectivity index is 1.64. The van der Waals surface area contributed by atoms with E-state index in [-0.39, 0.29) is 0 Å². The topological polar surface area (TPSA) is 0 Å². The number of hydrogen-bond acceptors (Lipinski definition) is 0. The molecular formula is C24H28. The van der Waals surface area contributed by atoms with E-state index in [0.717, 1.165) is 5.92 Å². The van der Waals surface area contributed by atoms with Crippen molar-refractivity contribution in [1.29, 1.82) is 0 Å². The van der Waals surface area contributed by atoms with Gasteiger partial charge in [0, 0.05) is 0 Å². The Morgan fingerprint density at radius 1 is 0.917 bits per heavy atom. The third-order valence-corrected chi connectivity index (χ3v) is 5.85. The van der Waals surface area contributed by atoms with E-state index < -0.39 is 0 Å². The van der Waals surface area contributed by atoms with Crippen molar-refractivity contribution in [1.82, 2.24) is 0 Å². The molecule has 0 heterocycles. The molecule has 0 saturated heterocycles. The van der Waals surface area contributed by atoms with Crippen molar-refractivity contribution in [3.8, 4) is 11.1 Å². The smallest absolute Gasteiger partial charge is 0.00548 e. The lowest BCUT2D eigenvalue weighted by atomic mass is 9.83. The van der Waals surface area contributed by atoms with Gasteiger partial charge < -0.3 is 0 Å². The molecular weight excluding hydrogens is 288 g/mol. The van der Waals surface area contributed by atoms with Gasteiger partial charge in [-0.2, -0.15) is 0 Å². The van der Waals surface area contributed by atoms with Gasteiger partial charge >= 0.3 is 0 Å². The highest BCUT2D eigenvalue weighted by atomic mass is 14.3. The van der Waals surface area contributed by atoms with Gasteiger partial charge in [0.2, 0.25) is 0 Å². The van der Waals surface area contributed by atoms with Crippen LogP contribution in [0.15, 0.2) is 48.0 Å². The highest BCUT2D eigenvalue weighted by molar-refractivity contribution is 5.81. The third kappa shape index (κ3) is 3.07. The summed E-state index contributed by atoms with van der Waals surface area (Å²) in [6.45, 7) is 2.25. The Labute approximate surface area is 146 Å². The van der Waals surface area contributed by atoms with Crippen molar-refractivity contribution in [2.24, 2.45) is 5.92 Å². The molecule has 1 saturated carbocycles. The monoisotopic (exact) mass is 316 g/mol. The van der Waals surface area contributed by atoms with Crippen molar-refractivity contribution in [2.45, 2.75) is 58.3 Å². The lowest BCUT2D eigenvalue weighted by Crippen LogP contribution is -2.08. The summed E-state index contributed by atoms with van der Waals surface area (Å²) in [5, 5.41) is 0. The average molecular weight is 316 g/mol. The van der Waals surface area contributed by atoms with Crippen molar-refractivity contribution >= 4 is 6.08 Å². The number of rotatable bonds is 4. The van der Waals surface area contributed by atoms with Gasteiger partial charge in [-0.25, -0.2) is 0 Å². The first-order valence-corrected chi connectivity index (χ1v) is 9.77. The van der Waals surface area contributed by atoms with Crippen LogP contribution in [0.25, 0.3) is 17.2 Å². The molecule has 0 heteroatoms. The summed E-state index contributed by atoms with van der Waals surface area (Å²) in [5.74, 6) is 0.839. The van der Waals surface area contributed by atoms with E-state index >= 15 is 0 Å². The molecule has 0 radical (unpaired) electrons. The number of hydrogen-bond donors (Lipinski definition) is 0. The van der Waals surface area contributed by atoms with E-state index in [4.69, 9.17) is 0 Å². The van der Waals surface area contributed by atoms with Gasteiger partial charge in [-0.3, -0.25) is 0 Å². The molecule has 0 aliphatic heterocycles. The molecule has 0 N–H and O–H groups in total. The summed E-state index contributed by atoms with van der Waals surface area (Å²) >= 11 is 0. The van der Waals surface area contributed by atoms with Crippen LogP contribution in [0.1, 0.15) is 62.1 Å². The largest absolute Gasteiger partial charge is 0.0651 e. The lowest BCUT2D eigenvalue weighted by molar-refractivity contribution is 0.401. The first kappa shape index (κ1) is 15.7. The van der Waals surface area contributed by atoms with E-state index in [1.807, 2.05) is 0 Å². The standard InChI is InChI=1S/C24H28/c1-2-7-18-12-14-20(15-13-18)23-11-6-10-21-16-22(17-24(21)23)19-8-4-3-5-9-19/h6,10-15,17,19H,2-5,7-9,16H2,1H3. The van der Waals surface area contributed by atoms with Crippen molar-refractivity contribution < 1.29 is 0 Å². The summed E-state index contributed by atoms with van der Waals surface area (Å²) in [4.78, 5) is 0. The predicted molar refractivity (Wildman–Crippen MR) is 104 cm³/mol. The summed E-state index contributed by atoms with van der Waals surface area (Å²) in [6, 6.07) is 16.1. The molecule has 0 nitrogen and oxygen atoms in total. The second-order valence-corrected chi connectivity index (χ2v) is 7.56. The van der Waals surface area contributed by atoms with E-state index in [9.17, 15) is 0 Å². The lowest BCUT2D eigenvalue weighted by Gasteiger charge is -2.22. The molecule has 2 aliphatic rings. The van der Waals surface area contributed by atoms with Crippen LogP contribution in [0, 0.1) is 5.92 Å². The number of allylic oxidation sites excluding steroid dienone is 1. The Bertz CT molecular complexity index is 727. The molecule has 0 amide bonds. The van der Waals surface area contributed by atoms with Crippen LogP contribution in [-0.2, 0) is 12.8 Å². The molecule has 2 aliphatic carbocycles. The minimum atomic E-state index is 0.839. The van der Waals surface area contributed by atoms with Crippen LogP contribution in [0.3, 0.4) is 0 Å². The predicted octanol–water partition coefficient (Wildman–Crippen LogP) is 6.83. The number of benzene rings is 2. The molecule has 0 aromatic heterocycles. The molecule has 0 unspecified atom stereocenters. The zero-order valence-electron chi connectivity index (χ0n) is 14.9. The summed E-state index contributed by atoms with van der Waals surface area (Å²) in [7, 11) is 0. The van der Waals surface area contributed by atoms with Gasteiger partial charge in [0.05, 0.1) is 0 Å². The summed E-state index contributed by atoms with van der Waals surface area (Å²) < 4.78 is 0. The van der Waals surface area contributed by atoms with Crippen LogP contribution in [-0.4, -0.2) is 0 Å². The SMILES string of the molecule is CCCc1ccc(-c2cccc3c2C=C(C2CCCCC2)C3)cc1. The van der Waals surface area contributed by atoms with Gasteiger partial charge in [-0.1, -0.05) is 86.7 Å². The highest BCUT2D eigenvalue weighted by Crippen LogP contribution is 2.40. The Kier molecular flexibility index (Phi) is 4.56. The van der Waals surface area contributed by atoms with Crippen LogP contribution in [0.5, 0.6) is 0 Å². The first-order chi connectivity index (χ1) is 11.8. The van der Waals surface area contributed by atoms with Crippen LogP contribution in [0.2, 0.25) is 0 Å². The summed E-state index contributed by atoms with van der Waals surface area (Å²) in [5.41, 5.74) is 8.95. The second kappa shape index (κ2) is 6.97. The fraction of sp³-hybridized carbons (Fsp3) is 0.417. The van der Waals surface area contributed by atoms with Gasteiger partial charge in [0.15, 0.2) is 0 Å². The van der Waals surface area contributed by atoms with Crippen molar-refractivity contribution in [3.63, 3.8) is 0 Å². The highest BCUT2D eigenvalue weighted by Gasteiger charge is 2.23. The third-order valence-electron chi connectivity index (χ3n) is 5.85. The zero-order chi connectivity index (χ0) is 16.4. The van der Waals surface area contributed by atoms with E-state index in [1.165, 1.54) is 79.2 Å². The number of fused-ring (bicyclic) bond motifs is 1. The molecule has 1 fully saturated rings. The van der Waals surface area contributed by atoms with Gasteiger partial charge in [-0.05, 0) is 59.4 Å². The fourth-order valence-corrected chi connectivity index (χ4v) is 4.52. The van der Waals surface area contributed by atoms with Crippen LogP contribution >= 0.6 is 0 Å². The van der Waals surface area contributed by atoms with Crippen LogP contribution < -0.4 is 0 Å². The van der Waals surface area contributed by atoms with Gasteiger partial charge in [0.25, 0.3) is 0 Å². The van der Waals surface area contributed by atoms with Gasteiger partial charge in [-0.15, -0.1) is 0 Å². The molecule has 4 rings (SSSR count). The van der Waals surface area contributed by atoms with Crippen molar-refractivity contribution in [3.05, 3.63) is 64.7 Å². The van der Waals surface area contributed by atoms with E-state index in [2.05, 4.69) is 55.5 Å². The quantitative estimate of drug-likeness (QED) is 0.580. The Hall–Kier alpha value is -1.82. The first-order valence-electron chi connectivity index (χ1n) is 9.77. The minimum absolute atomic E-state index is 0.839. The maximum atomic E-state index is 2.53. The van der Waals surface area contributed by atoms with E-state index in [1.54, 1.807) is 5.57 Å². The Morgan fingerprint density at radius 3 is 2.46 bits per heavy atom. The Morgan fingerprint density at radius 2 is 1.71 bits per heavy atom. The fourth-order valence-electron chi connectivity index (χ4n) is 4.52. The maximum Gasteiger partial charge on any atom is -0.00548 e.